The zero-order valence-corrected chi connectivity index (χ0v) is 16.1. The Morgan fingerprint density at radius 2 is 1.40 bits per heavy atom. The van der Waals surface area contributed by atoms with Crippen LogP contribution in [0.4, 0.5) is 0 Å². The second-order valence-electron chi connectivity index (χ2n) is 7.94. The first-order chi connectivity index (χ1) is 11.8. The maximum absolute atomic E-state index is 6.29. The molecule has 1 heterocycles. The van der Waals surface area contributed by atoms with Gasteiger partial charge in [0.2, 0.25) is 0 Å². The fourth-order valence-corrected chi connectivity index (χ4v) is 3.58. The lowest BCUT2D eigenvalue weighted by atomic mass is 9.71. The van der Waals surface area contributed by atoms with Gasteiger partial charge in [0.15, 0.2) is 0 Å². The summed E-state index contributed by atoms with van der Waals surface area (Å²) < 4.78 is 12.6. The smallest absolute Gasteiger partial charge is 0.403 e. The van der Waals surface area contributed by atoms with Crippen molar-refractivity contribution in [2.24, 2.45) is 0 Å². The second kappa shape index (κ2) is 6.97. The van der Waals surface area contributed by atoms with Crippen LogP contribution in [-0.2, 0) is 15.7 Å². The van der Waals surface area contributed by atoms with E-state index in [4.69, 9.17) is 9.31 Å². The van der Waals surface area contributed by atoms with Gasteiger partial charge in [0.05, 0.1) is 11.2 Å². The van der Waals surface area contributed by atoms with E-state index in [2.05, 4.69) is 89.2 Å². The largest absolute Gasteiger partial charge is 0.458 e. The number of rotatable bonds is 5. The van der Waals surface area contributed by atoms with Crippen LogP contribution < -0.4 is 0 Å². The molecular formula is C22H29BO2. The lowest BCUT2D eigenvalue weighted by Gasteiger charge is -2.32. The summed E-state index contributed by atoms with van der Waals surface area (Å²) in [6, 6.07) is 19.5. The summed E-state index contributed by atoms with van der Waals surface area (Å²) in [5, 5.41) is 0. The monoisotopic (exact) mass is 336 g/mol. The Morgan fingerprint density at radius 1 is 0.840 bits per heavy atom. The SMILES string of the molecule is CCc1ccccc1[C@H](CB1OC(C)(C)C(C)(C)O1)c1ccccc1. The lowest BCUT2D eigenvalue weighted by Crippen LogP contribution is -2.41. The molecule has 0 bridgehead atoms. The van der Waals surface area contributed by atoms with Gasteiger partial charge in [-0.25, -0.2) is 0 Å². The summed E-state index contributed by atoms with van der Waals surface area (Å²) >= 11 is 0. The van der Waals surface area contributed by atoms with Crippen molar-refractivity contribution >= 4 is 7.12 Å². The summed E-state index contributed by atoms with van der Waals surface area (Å²) in [7, 11) is -0.194. The second-order valence-corrected chi connectivity index (χ2v) is 7.94. The standard InChI is InChI=1S/C22H29BO2/c1-6-17-12-10-11-15-19(17)20(18-13-8-7-9-14-18)16-23-24-21(2,3)22(4,5)25-23/h7-15,20H,6,16H2,1-5H3/t20-/m1/s1. The molecule has 1 fully saturated rings. The molecule has 2 nitrogen and oxygen atoms in total. The molecule has 3 rings (SSSR count). The third-order valence-corrected chi connectivity index (χ3v) is 5.74. The molecule has 0 radical (unpaired) electrons. The zero-order valence-electron chi connectivity index (χ0n) is 16.1. The van der Waals surface area contributed by atoms with Crippen molar-refractivity contribution in [2.75, 3.05) is 0 Å². The topological polar surface area (TPSA) is 18.5 Å². The van der Waals surface area contributed by atoms with Gasteiger partial charge >= 0.3 is 7.12 Å². The first kappa shape index (κ1) is 18.2. The molecule has 3 heteroatoms. The van der Waals surface area contributed by atoms with Crippen molar-refractivity contribution in [1.82, 2.24) is 0 Å². The maximum Gasteiger partial charge on any atom is 0.458 e. The van der Waals surface area contributed by atoms with E-state index in [0.717, 1.165) is 12.7 Å². The molecule has 0 unspecified atom stereocenters. The van der Waals surface area contributed by atoms with Crippen LogP contribution in [0.5, 0.6) is 0 Å². The zero-order chi connectivity index (χ0) is 18.1. The summed E-state index contributed by atoms with van der Waals surface area (Å²) in [5.41, 5.74) is 3.52. The number of benzene rings is 2. The van der Waals surface area contributed by atoms with Gasteiger partial charge < -0.3 is 9.31 Å². The van der Waals surface area contributed by atoms with Crippen LogP contribution in [0.15, 0.2) is 54.6 Å². The minimum absolute atomic E-state index is 0.194. The van der Waals surface area contributed by atoms with Gasteiger partial charge in [-0.05, 0) is 57.1 Å². The van der Waals surface area contributed by atoms with Gasteiger partial charge in [-0.1, -0.05) is 61.5 Å². The van der Waals surface area contributed by atoms with Gasteiger partial charge in [0.25, 0.3) is 0 Å². The molecule has 0 saturated carbocycles. The summed E-state index contributed by atoms with van der Waals surface area (Å²) in [4.78, 5) is 0. The maximum atomic E-state index is 6.29. The lowest BCUT2D eigenvalue weighted by molar-refractivity contribution is 0.00578. The van der Waals surface area contributed by atoms with Crippen molar-refractivity contribution in [3.63, 3.8) is 0 Å². The van der Waals surface area contributed by atoms with E-state index in [1.165, 1.54) is 16.7 Å². The Morgan fingerprint density at radius 3 is 2.00 bits per heavy atom. The number of aryl methyl sites for hydroxylation is 1. The fraction of sp³-hybridized carbons (Fsp3) is 0.455. The highest BCUT2D eigenvalue weighted by atomic mass is 16.7. The summed E-state index contributed by atoms with van der Waals surface area (Å²) in [6.45, 7) is 10.7. The van der Waals surface area contributed by atoms with Crippen LogP contribution in [0, 0.1) is 0 Å². The Kier molecular flexibility index (Phi) is 5.08. The van der Waals surface area contributed by atoms with E-state index in [9.17, 15) is 0 Å². The highest BCUT2D eigenvalue weighted by molar-refractivity contribution is 6.45. The third-order valence-electron chi connectivity index (χ3n) is 5.74. The van der Waals surface area contributed by atoms with Gasteiger partial charge in [0.1, 0.15) is 0 Å². The van der Waals surface area contributed by atoms with E-state index >= 15 is 0 Å². The third kappa shape index (κ3) is 3.68. The molecule has 1 atom stereocenters. The van der Waals surface area contributed by atoms with Crippen LogP contribution in [0.3, 0.4) is 0 Å². The average Bonchev–Trinajstić information content (AvgIpc) is 2.80. The Hall–Kier alpha value is -1.58. The first-order valence-electron chi connectivity index (χ1n) is 9.32. The van der Waals surface area contributed by atoms with Crippen molar-refractivity contribution in [1.29, 1.82) is 0 Å². The molecule has 0 amide bonds. The van der Waals surface area contributed by atoms with Crippen molar-refractivity contribution in [2.45, 2.75) is 64.5 Å². The van der Waals surface area contributed by atoms with Crippen LogP contribution >= 0.6 is 0 Å². The van der Waals surface area contributed by atoms with Crippen LogP contribution in [-0.4, -0.2) is 18.3 Å². The van der Waals surface area contributed by atoms with Gasteiger partial charge in [-0.3, -0.25) is 0 Å². The van der Waals surface area contributed by atoms with Gasteiger partial charge in [-0.2, -0.15) is 0 Å². The molecule has 0 aliphatic carbocycles. The van der Waals surface area contributed by atoms with Crippen molar-refractivity contribution < 1.29 is 9.31 Å². The minimum atomic E-state index is -0.289. The highest BCUT2D eigenvalue weighted by Crippen LogP contribution is 2.41. The fourth-order valence-electron chi connectivity index (χ4n) is 3.58. The molecule has 0 spiro atoms. The van der Waals surface area contributed by atoms with Gasteiger partial charge in [0, 0.05) is 5.92 Å². The Labute approximate surface area is 152 Å². The molecule has 25 heavy (non-hydrogen) atoms. The van der Waals surface area contributed by atoms with E-state index < -0.39 is 0 Å². The molecule has 1 aliphatic rings. The molecule has 132 valence electrons. The minimum Gasteiger partial charge on any atom is -0.403 e. The van der Waals surface area contributed by atoms with Crippen LogP contribution in [0.2, 0.25) is 6.32 Å². The first-order valence-corrected chi connectivity index (χ1v) is 9.32. The van der Waals surface area contributed by atoms with Crippen molar-refractivity contribution in [3.05, 3.63) is 71.3 Å². The number of hydrogen-bond donors (Lipinski definition) is 0. The normalized spacial score (nSPS) is 19.8. The van der Waals surface area contributed by atoms with Crippen molar-refractivity contribution in [3.8, 4) is 0 Å². The van der Waals surface area contributed by atoms with E-state index in [1.54, 1.807) is 0 Å². The predicted molar refractivity (Wildman–Crippen MR) is 105 cm³/mol. The summed E-state index contributed by atoms with van der Waals surface area (Å²) in [5.74, 6) is 0.270. The molecule has 2 aromatic carbocycles. The quantitative estimate of drug-likeness (QED) is 0.674. The average molecular weight is 336 g/mol. The summed E-state index contributed by atoms with van der Waals surface area (Å²) in [6.07, 6.45) is 1.86. The molecule has 1 saturated heterocycles. The predicted octanol–water partition coefficient (Wildman–Crippen LogP) is 5.47. The van der Waals surface area contributed by atoms with E-state index in [1.807, 2.05) is 0 Å². The Balaban J connectivity index is 1.94. The molecule has 0 aromatic heterocycles. The molecule has 2 aromatic rings. The number of hydrogen-bond acceptors (Lipinski definition) is 2. The molecule has 0 N–H and O–H groups in total. The van der Waals surface area contributed by atoms with Crippen LogP contribution in [0.25, 0.3) is 0 Å². The highest BCUT2D eigenvalue weighted by Gasteiger charge is 2.51. The van der Waals surface area contributed by atoms with E-state index in [-0.39, 0.29) is 24.2 Å². The van der Waals surface area contributed by atoms with Crippen LogP contribution in [0.1, 0.15) is 57.2 Å². The molecule has 1 aliphatic heterocycles. The van der Waals surface area contributed by atoms with Gasteiger partial charge in [-0.15, -0.1) is 0 Å². The van der Waals surface area contributed by atoms with E-state index in [0.29, 0.717) is 0 Å². The Bertz CT molecular complexity index is 693. The molecular weight excluding hydrogens is 307 g/mol.